The fourth-order valence-electron chi connectivity index (χ4n) is 2.35. The van der Waals surface area contributed by atoms with Crippen molar-refractivity contribution in [1.29, 1.82) is 0 Å². The van der Waals surface area contributed by atoms with Crippen LogP contribution >= 0.6 is 0 Å². The molecule has 0 amide bonds. The number of hydrogen-bond acceptors (Lipinski definition) is 8. The highest BCUT2D eigenvalue weighted by Crippen LogP contribution is 2.37. The van der Waals surface area contributed by atoms with Gasteiger partial charge in [-0.15, -0.1) is 5.12 Å². The third kappa shape index (κ3) is 3.20. The summed E-state index contributed by atoms with van der Waals surface area (Å²) in [4.78, 5) is 8.75. The highest BCUT2D eigenvalue weighted by atomic mass is 32.2. The van der Waals surface area contributed by atoms with E-state index in [0.717, 1.165) is 36.7 Å². The number of fused-ring (bicyclic) bond motifs is 1. The summed E-state index contributed by atoms with van der Waals surface area (Å²) in [5.41, 5.74) is -0.674. The van der Waals surface area contributed by atoms with Gasteiger partial charge in [0.2, 0.25) is 6.33 Å². The summed E-state index contributed by atoms with van der Waals surface area (Å²) in [5.74, 6) is -0.616. The van der Waals surface area contributed by atoms with E-state index in [1.165, 1.54) is 0 Å². The quantitative estimate of drug-likeness (QED) is 0.486. The van der Waals surface area contributed by atoms with Crippen molar-refractivity contribution in [3.05, 3.63) is 43.0 Å². The number of halogens is 1. The zero-order chi connectivity index (χ0) is 19.1. The Kier molecular flexibility index (Phi) is 4.31. The number of rotatable bonds is 4. The lowest BCUT2D eigenvalue weighted by molar-refractivity contribution is 0.471. The molecule has 13 heteroatoms. The topological polar surface area (TPSA) is 151 Å². The molecule has 3 aromatic rings. The van der Waals surface area contributed by atoms with E-state index >= 15 is 0 Å². The van der Waals surface area contributed by atoms with E-state index in [0.29, 0.717) is 0 Å². The first-order valence-corrected chi connectivity index (χ1v) is 9.50. The van der Waals surface area contributed by atoms with Gasteiger partial charge >= 0.3 is 0 Å². The zero-order valence-electron chi connectivity index (χ0n) is 12.5. The summed E-state index contributed by atoms with van der Waals surface area (Å²) in [6.45, 7) is 0. The summed E-state index contributed by atoms with van der Waals surface area (Å²) in [6, 6.07) is 5.26. The first-order valence-electron chi connectivity index (χ1n) is 6.62. The van der Waals surface area contributed by atoms with Gasteiger partial charge in [-0.05, 0) is 12.1 Å². The molecule has 26 heavy (non-hydrogen) atoms. The van der Waals surface area contributed by atoms with E-state index in [1.807, 2.05) is 0 Å². The molecule has 0 saturated carbocycles. The third-order valence-electron chi connectivity index (χ3n) is 3.31. The summed E-state index contributed by atoms with van der Waals surface area (Å²) in [7, 11) is -9.71. The number of aromatic nitrogens is 3. The smallest absolute Gasteiger partial charge is 0.282 e. The van der Waals surface area contributed by atoms with Crippen LogP contribution in [-0.4, -0.2) is 40.9 Å². The number of hydrogen-bond donors (Lipinski definition) is 2. The van der Waals surface area contributed by atoms with Crippen LogP contribution in [0.4, 0.5) is 16.1 Å². The monoisotopic (exact) mass is 399 g/mol. The molecule has 135 valence electrons. The molecule has 1 aromatic heterocycles. The van der Waals surface area contributed by atoms with Crippen LogP contribution in [0.3, 0.4) is 0 Å². The van der Waals surface area contributed by atoms with E-state index in [2.05, 4.69) is 21.3 Å². The molecule has 2 aromatic carbocycles. The second-order valence-corrected chi connectivity index (χ2v) is 7.63. The maximum atomic E-state index is 14.6. The lowest BCUT2D eigenvalue weighted by Crippen LogP contribution is -2.13. The predicted octanol–water partition coefficient (Wildman–Crippen LogP) is 1.34. The SMILES string of the molecule is O=S(=O)(O)c1cccc2c(S(=O)(=O)O)c(N(F)c3n[c]ncn3)ccc12. The molecular formula is C13H8FN4O6S2. The van der Waals surface area contributed by atoms with Crippen LogP contribution in [0.25, 0.3) is 10.8 Å². The van der Waals surface area contributed by atoms with Crippen LogP contribution in [0, 0.1) is 6.33 Å². The summed E-state index contributed by atoms with van der Waals surface area (Å²) in [6.07, 6.45) is 2.98. The Morgan fingerprint density at radius 2 is 1.73 bits per heavy atom. The fourth-order valence-corrected chi connectivity index (χ4v) is 3.93. The largest absolute Gasteiger partial charge is 0.297 e. The van der Waals surface area contributed by atoms with Crippen LogP contribution in [0.1, 0.15) is 0 Å². The van der Waals surface area contributed by atoms with E-state index < -0.39 is 41.7 Å². The lowest BCUT2D eigenvalue weighted by atomic mass is 10.1. The Labute approximate surface area is 146 Å². The van der Waals surface area contributed by atoms with Gasteiger partial charge in [0.25, 0.3) is 26.2 Å². The zero-order valence-corrected chi connectivity index (χ0v) is 14.1. The van der Waals surface area contributed by atoms with Gasteiger partial charge in [-0.1, -0.05) is 22.7 Å². The van der Waals surface area contributed by atoms with Crippen molar-refractivity contribution in [3.63, 3.8) is 0 Å². The summed E-state index contributed by atoms with van der Waals surface area (Å²) < 4.78 is 80.1. The van der Waals surface area contributed by atoms with Crippen LogP contribution < -0.4 is 5.12 Å². The molecule has 0 aliphatic carbocycles. The molecule has 0 unspecified atom stereocenters. The molecule has 0 bridgehead atoms. The van der Waals surface area contributed by atoms with Crippen molar-refractivity contribution in [2.45, 2.75) is 9.79 Å². The minimum atomic E-state index is -5.01. The standard InChI is InChI=1S/C13H8FN4O6S2/c14-18(13-16-6-15-7-17-13)10-5-4-8-9(12(10)26(22,23)24)2-1-3-11(8)25(19,20)21/h1-6H,(H,19,20,21)(H,22,23,24). The van der Waals surface area contributed by atoms with E-state index in [1.54, 1.807) is 0 Å². The molecule has 3 rings (SSSR count). The fraction of sp³-hybridized carbons (Fsp3) is 0. The first-order chi connectivity index (χ1) is 12.1. The average Bonchev–Trinajstić information content (AvgIpc) is 2.58. The Morgan fingerprint density at radius 3 is 2.31 bits per heavy atom. The van der Waals surface area contributed by atoms with Gasteiger partial charge in [0.05, 0.1) is 5.69 Å². The van der Waals surface area contributed by atoms with Gasteiger partial charge < -0.3 is 0 Å². The normalized spacial score (nSPS) is 12.3. The van der Waals surface area contributed by atoms with Gasteiger partial charge in [0.15, 0.2) is 0 Å². The van der Waals surface area contributed by atoms with Gasteiger partial charge in [-0.25, -0.2) is 4.98 Å². The van der Waals surface area contributed by atoms with Crippen molar-refractivity contribution in [2.75, 3.05) is 5.12 Å². The Bertz CT molecular complexity index is 1200. The van der Waals surface area contributed by atoms with Crippen molar-refractivity contribution in [3.8, 4) is 0 Å². The summed E-state index contributed by atoms with van der Waals surface area (Å²) >= 11 is 0. The van der Waals surface area contributed by atoms with E-state index in [9.17, 15) is 30.4 Å². The second kappa shape index (κ2) is 6.21. The van der Waals surface area contributed by atoms with Crippen molar-refractivity contribution in [1.82, 2.24) is 15.0 Å². The van der Waals surface area contributed by atoms with Gasteiger partial charge in [0.1, 0.15) is 16.1 Å². The molecule has 0 aliphatic rings. The molecule has 1 heterocycles. The Morgan fingerprint density at radius 1 is 1.00 bits per heavy atom. The van der Waals surface area contributed by atoms with Crippen LogP contribution in [-0.2, 0) is 20.2 Å². The van der Waals surface area contributed by atoms with E-state index in [-0.39, 0.29) is 15.9 Å². The minimum Gasteiger partial charge on any atom is -0.282 e. The molecule has 0 fully saturated rings. The van der Waals surface area contributed by atoms with Crippen molar-refractivity contribution < 1.29 is 30.4 Å². The maximum Gasteiger partial charge on any atom is 0.297 e. The second-order valence-electron chi connectivity index (χ2n) is 4.88. The molecule has 2 N–H and O–H groups in total. The van der Waals surface area contributed by atoms with Crippen LogP contribution in [0.5, 0.6) is 0 Å². The molecular weight excluding hydrogens is 391 g/mol. The molecule has 10 nitrogen and oxygen atoms in total. The minimum absolute atomic E-state index is 0.234. The summed E-state index contributed by atoms with van der Waals surface area (Å²) in [5, 5.41) is -0.802. The first kappa shape index (κ1) is 18.1. The molecule has 1 radical (unpaired) electrons. The Hall–Kier alpha value is -2.74. The average molecular weight is 399 g/mol. The van der Waals surface area contributed by atoms with Gasteiger partial charge in [0, 0.05) is 10.8 Å². The third-order valence-corrected chi connectivity index (χ3v) is 5.17. The van der Waals surface area contributed by atoms with Crippen molar-refractivity contribution >= 4 is 42.6 Å². The van der Waals surface area contributed by atoms with Crippen LogP contribution in [0.15, 0.2) is 46.5 Å². The highest BCUT2D eigenvalue weighted by molar-refractivity contribution is 7.86. The Balaban J connectivity index is 2.40. The molecule has 0 atom stereocenters. The molecule has 0 aliphatic heterocycles. The lowest BCUT2D eigenvalue weighted by Gasteiger charge is -2.16. The number of anilines is 2. The van der Waals surface area contributed by atoms with Crippen molar-refractivity contribution in [2.24, 2.45) is 0 Å². The molecule has 0 spiro atoms. The van der Waals surface area contributed by atoms with Gasteiger partial charge in [-0.2, -0.15) is 26.8 Å². The highest BCUT2D eigenvalue weighted by Gasteiger charge is 2.27. The van der Waals surface area contributed by atoms with Crippen LogP contribution in [0.2, 0.25) is 0 Å². The number of benzene rings is 2. The maximum absolute atomic E-state index is 14.6. The van der Waals surface area contributed by atoms with Gasteiger partial charge in [-0.3, -0.25) is 9.11 Å². The predicted molar refractivity (Wildman–Crippen MR) is 85.5 cm³/mol. The molecule has 0 saturated heterocycles. The number of nitrogens with zero attached hydrogens (tertiary/aromatic N) is 4. The van der Waals surface area contributed by atoms with E-state index in [4.69, 9.17) is 0 Å².